The molecule has 0 spiro atoms. The van der Waals surface area contributed by atoms with Gasteiger partial charge in [0.1, 0.15) is 21.9 Å². The second kappa shape index (κ2) is 6.97. The lowest BCUT2D eigenvalue weighted by molar-refractivity contribution is 0.0787. The predicted octanol–water partition coefficient (Wildman–Crippen LogP) is 3.23. The first-order valence-electron chi connectivity index (χ1n) is 8.04. The van der Waals surface area contributed by atoms with Crippen molar-refractivity contribution in [1.29, 1.82) is 0 Å². The lowest BCUT2D eigenvalue weighted by atomic mass is 10.2. The molecule has 3 aromatic heterocycles. The standard InChI is InChI=1S/C17H16N4O2S2/c22-14(9-25-16-12-3-6-24-15(12)19-10-20-16)11-7-13(18-8-11)17(23)21-4-1-2-5-21/h3,6-8,10,18H,1-2,4-5,9H2. The maximum Gasteiger partial charge on any atom is 0.270 e. The molecule has 1 amide bonds. The Morgan fingerprint density at radius 2 is 2.12 bits per heavy atom. The van der Waals surface area contributed by atoms with Crippen molar-refractivity contribution in [2.75, 3.05) is 18.8 Å². The molecule has 128 valence electrons. The maximum absolute atomic E-state index is 12.4. The molecule has 0 aliphatic carbocycles. The second-order valence-corrected chi connectivity index (χ2v) is 7.69. The Kier molecular flexibility index (Phi) is 4.54. The Labute approximate surface area is 152 Å². The highest BCUT2D eigenvalue weighted by molar-refractivity contribution is 8.00. The first-order chi connectivity index (χ1) is 12.2. The van der Waals surface area contributed by atoms with Gasteiger partial charge in [0.15, 0.2) is 5.78 Å². The van der Waals surface area contributed by atoms with E-state index in [2.05, 4.69) is 15.0 Å². The number of Topliss-reactive ketones (excluding diaryl/α,β-unsaturated/α-hetero) is 1. The molecule has 0 saturated carbocycles. The van der Waals surface area contributed by atoms with Gasteiger partial charge in [-0.05, 0) is 30.4 Å². The molecule has 0 bridgehead atoms. The summed E-state index contributed by atoms with van der Waals surface area (Å²) < 4.78 is 0. The normalized spacial score (nSPS) is 14.3. The monoisotopic (exact) mass is 372 g/mol. The number of nitrogens with zero attached hydrogens (tertiary/aromatic N) is 3. The summed E-state index contributed by atoms with van der Waals surface area (Å²) in [5.74, 6) is 0.223. The molecule has 8 heteroatoms. The number of rotatable bonds is 5. The molecule has 4 heterocycles. The smallest absolute Gasteiger partial charge is 0.270 e. The highest BCUT2D eigenvalue weighted by Gasteiger charge is 2.21. The Morgan fingerprint density at radius 3 is 2.96 bits per heavy atom. The number of carbonyl (C=O) groups is 2. The van der Waals surface area contributed by atoms with Crippen LogP contribution in [0, 0.1) is 0 Å². The SMILES string of the molecule is O=C(CSc1ncnc2sccc12)c1c[nH]c(C(=O)N2CCCC2)c1. The topological polar surface area (TPSA) is 79.0 Å². The van der Waals surface area contributed by atoms with Crippen molar-refractivity contribution in [3.05, 3.63) is 41.3 Å². The fourth-order valence-corrected chi connectivity index (χ4v) is 4.54. The lowest BCUT2D eigenvalue weighted by Gasteiger charge is -2.13. The second-order valence-electron chi connectivity index (χ2n) is 5.83. The minimum atomic E-state index is -0.0278. The van der Waals surface area contributed by atoms with Gasteiger partial charge in [-0.1, -0.05) is 11.8 Å². The van der Waals surface area contributed by atoms with Crippen LogP contribution in [0.25, 0.3) is 10.2 Å². The molecule has 0 unspecified atom stereocenters. The van der Waals surface area contributed by atoms with Gasteiger partial charge in [0.25, 0.3) is 5.91 Å². The molecule has 1 aliphatic heterocycles. The quantitative estimate of drug-likeness (QED) is 0.423. The Hall–Kier alpha value is -2.19. The van der Waals surface area contributed by atoms with Gasteiger partial charge < -0.3 is 9.88 Å². The zero-order chi connectivity index (χ0) is 17.2. The molecule has 0 atom stereocenters. The van der Waals surface area contributed by atoms with Gasteiger partial charge in [-0.2, -0.15) is 0 Å². The van der Waals surface area contributed by atoms with Gasteiger partial charge in [0.2, 0.25) is 0 Å². The fraction of sp³-hybridized carbons (Fsp3) is 0.294. The van der Waals surface area contributed by atoms with E-state index in [-0.39, 0.29) is 17.4 Å². The number of likely N-dealkylation sites (tertiary alicyclic amines) is 1. The number of fused-ring (bicyclic) bond motifs is 1. The first kappa shape index (κ1) is 16.3. The molecular weight excluding hydrogens is 356 g/mol. The van der Waals surface area contributed by atoms with Gasteiger partial charge in [0.05, 0.1) is 5.75 Å². The van der Waals surface area contributed by atoms with Crippen LogP contribution in [0.4, 0.5) is 0 Å². The molecule has 0 radical (unpaired) electrons. The van der Waals surface area contributed by atoms with Gasteiger partial charge in [-0.3, -0.25) is 9.59 Å². The lowest BCUT2D eigenvalue weighted by Crippen LogP contribution is -2.27. The molecular formula is C17H16N4O2S2. The number of thiophene rings is 1. The molecule has 25 heavy (non-hydrogen) atoms. The van der Waals surface area contributed by atoms with Crippen LogP contribution in [0.5, 0.6) is 0 Å². The number of hydrogen-bond acceptors (Lipinski definition) is 6. The van der Waals surface area contributed by atoms with E-state index in [1.54, 1.807) is 23.6 Å². The number of carbonyl (C=O) groups excluding carboxylic acids is 2. The molecule has 3 aromatic rings. The maximum atomic E-state index is 12.4. The van der Waals surface area contributed by atoms with Crippen LogP contribution < -0.4 is 0 Å². The number of aromatic amines is 1. The first-order valence-corrected chi connectivity index (χ1v) is 9.91. The van der Waals surface area contributed by atoms with Crippen molar-refractivity contribution < 1.29 is 9.59 Å². The Bertz CT molecular complexity index is 928. The summed E-state index contributed by atoms with van der Waals surface area (Å²) in [4.78, 5) is 38.9. The zero-order valence-corrected chi connectivity index (χ0v) is 15.0. The molecule has 1 saturated heterocycles. The van der Waals surface area contributed by atoms with E-state index in [9.17, 15) is 9.59 Å². The van der Waals surface area contributed by atoms with Gasteiger partial charge >= 0.3 is 0 Å². The van der Waals surface area contributed by atoms with Crippen molar-refractivity contribution in [3.8, 4) is 0 Å². The number of nitrogens with one attached hydrogen (secondary N) is 1. The van der Waals surface area contributed by atoms with E-state index < -0.39 is 0 Å². The van der Waals surface area contributed by atoms with E-state index in [1.165, 1.54) is 18.1 Å². The van der Waals surface area contributed by atoms with E-state index in [0.29, 0.717) is 11.3 Å². The van der Waals surface area contributed by atoms with E-state index >= 15 is 0 Å². The molecule has 0 aromatic carbocycles. The average Bonchev–Trinajstić information content (AvgIpc) is 3.39. The summed E-state index contributed by atoms with van der Waals surface area (Å²) in [5, 5.41) is 3.75. The van der Waals surface area contributed by atoms with Gasteiger partial charge in [-0.25, -0.2) is 9.97 Å². The fourth-order valence-electron chi connectivity index (χ4n) is 2.87. The van der Waals surface area contributed by atoms with Crippen LogP contribution in [0.2, 0.25) is 0 Å². The van der Waals surface area contributed by atoms with E-state index in [4.69, 9.17) is 0 Å². The number of hydrogen-bond donors (Lipinski definition) is 1. The molecule has 1 aliphatic rings. The van der Waals surface area contributed by atoms with Crippen molar-refractivity contribution >= 4 is 45.0 Å². The van der Waals surface area contributed by atoms with Crippen molar-refractivity contribution in [2.45, 2.75) is 17.9 Å². The molecule has 4 rings (SSSR count). The number of H-pyrrole nitrogens is 1. The Balaban J connectivity index is 1.43. The number of amides is 1. The summed E-state index contributed by atoms with van der Waals surface area (Å²) in [5.41, 5.74) is 1.02. The zero-order valence-electron chi connectivity index (χ0n) is 13.4. The number of thioether (sulfide) groups is 1. The minimum absolute atomic E-state index is 0.0243. The molecule has 6 nitrogen and oxygen atoms in total. The summed E-state index contributed by atoms with van der Waals surface area (Å²) in [7, 11) is 0. The third-order valence-electron chi connectivity index (χ3n) is 4.19. The van der Waals surface area contributed by atoms with E-state index in [0.717, 1.165) is 41.2 Å². The third-order valence-corrected chi connectivity index (χ3v) is 6.02. The highest BCUT2D eigenvalue weighted by Crippen LogP contribution is 2.28. The number of aromatic nitrogens is 3. The summed E-state index contributed by atoms with van der Waals surface area (Å²) in [6.45, 7) is 1.59. The van der Waals surface area contributed by atoms with Crippen molar-refractivity contribution in [1.82, 2.24) is 19.9 Å². The number of ketones is 1. The van der Waals surface area contributed by atoms with Crippen LogP contribution in [-0.2, 0) is 0 Å². The summed E-state index contributed by atoms with van der Waals surface area (Å²) in [6.07, 6.45) is 5.23. The van der Waals surface area contributed by atoms with Gasteiger partial charge in [0, 0.05) is 30.2 Å². The largest absolute Gasteiger partial charge is 0.356 e. The van der Waals surface area contributed by atoms with Crippen LogP contribution in [0.3, 0.4) is 0 Å². The van der Waals surface area contributed by atoms with E-state index in [1.807, 2.05) is 16.3 Å². The average molecular weight is 372 g/mol. The van der Waals surface area contributed by atoms with Crippen LogP contribution in [-0.4, -0.2) is 50.4 Å². The van der Waals surface area contributed by atoms with Crippen LogP contribution >= 0.6 is 23.1 Å². The highest BCUT2D eigenvalue weighted by atomic mass is 32.2. The minimum Gasteiger partial charge on any atom is -0.356 e. The molecule has 1 N–H and O–H groups in total. The van der Waals surface area contributed by atoms with Crippen molar-refractivity contribution in [3.63, 3.8) is 0 Å². The predicted molar refractivity (Wildman–Crippen MR) is 98.4 cm³/mol. The Morgan fingerprint density at radius 1 is 1.28 bits per heavy atom. The summed E-state index contributed by atoms with van der Waals surface area (Å²) >= 11 is 2.95. The molecule has 1 fully saturated rings. The van der Waals surface area contributed by atoms with Gasteiger partial charge in [-0.15, -0.1) is 11.3 Å². The van der Waals surface area contributed by atoms with Crippen LogP contribution in [0.15, 0.2) is 35.1 Å². The van der Waals surface area contributed by atoms with Crippen molar-refractivity contribution in [2.24, 2.45) is 0 Å². The third kappa shape index (κ3) is 3.32. The summed E-state index contributed by atoms with van der Waals surface area (Å²) in [6, 6.07) is 3.62. The van der Waals surface area contributed by atoms with Crippen LogP contribution in [0.1, 0.15) is 33.7 Å².